The summed E-state index contributed by atoms with van der Waals surface area (Å²) in [6, 6.07) is 19.8. The molecule has 0 saturated heterocycles. The summed E-state index contributed by atoms with van der Waals surface area (Å²) in [5.74, 6) is 0.479. The highest BCUT2D eigenvalue weighted by atomic mass is 79.9. The highest BCUT2D eigenvalue weighted by Gasteiger charge is 2.14. The Bertz CT molecular complexity index is 1190. The highest BCUT2D eigenvalue weighted by Crippen LogP contribution is 2.35. The predicted molar refractivity (Wildman–Crippen MR) is 133 cm³/mol. The van der Waals surface area contributed by atoms with Crippen molar-refractivity contribution in [2.24, 2.45) is 0 Å². The molecule has 0 aromatic heterocycles. The number of ether oxygens (including phenoxy) is 2. The van der Waals surface area contributed by atoms with E-state index in [0.717, 1.165) is 10.0 Å². The minimum absolute atomic E-state index is 0.0637. The van der Waals surface area contributed by atoms with Gasteiger partial charge in [0.05, 0.1) is 7.11 Å². The van der Waals surface area contributed by atoms with Gasteiger partial charge in [-0.15, -0.1) is 0 Å². The summed E-state index contributed by atoms with van der Waals surface area (Å²) in [4.78, 5) is 12.5. The van der Waals surface area contributed by atoms with Gasteiger partial charge in [-0.3, -0.25) is 4.79 Å². The van der Waals surface area contributed by atoms with Crippen LogP contribution < -0.4 is 14.8 Å². The molecular formula is C24H17Br2ClN2O3. The van der Waals surface area contributed by atoms with Gasteiger partial charge in [0.15, 0.2) is 11.5 Å². The van der Waals surface area contributed by atoms with Crippen molar-refractivity contribution in [3.8, 4) is 17.6 Å². The lowest BCUT2D eigenvalue weighted by atomic mass is 10.1. The second kappa shape index (κ2) is 11.2. The first-order valence-electron chi connectivity index (χ1n) is 9.33. The van der Waals surface area contributed by atoms with E-state index in [2.05, 4.69) is 37.2 Å². The maximum Gasteiger partial charge on any atom is 0.266 e. The maximum absolute atomic E-state index is 12.5. The van der Waals surface area contributed by atoms with Crippen LogP contribution in [-0.2, 0) is 11.4 Å². The van der Waals surface area contributed by atoms with Gasteiger partial charge < -0.3 is 14.8 Å². The average Bonchev–Trinajstić information content (AvgIpc) is 2.79. The largest absolute Gasteiger partial charge is 0.493 e. The van der Waals surface area contributed by atoms with Crippen LogP contribution in [0.2, 0.25) is 5.02 Å². The molecule has 1 N–H and O–H groups in total. The Morgan fingerprint density at radius 2 is 1.78 bits per heavy atom. The van der Waals surface area contributed by atoms with Crippen molar-refractivity contribution in [3.05, 3.63) is 91.3 Å². The van der Waals surface area contributed by atoms with Crippen molar-refractivity contribution in [3.63, 3.8) is 0 Å². The molecule has 5 nitrogen and oxygen atoms in total. The van der Waals surface area contributed by atoms with E-state index >= 15 is 0 Å². The van der Waals surface area contributed by atoms with Gasteiger partial charge in [0.25, 0.3) is 5.91 Å². The van der Waals surface area contributed by atoms with E-state index in [1.807, 2.05) is 30.3 Å². The maximum atomic E-state index is 12.5. The molecule has 0 fully saturated rings. The van der Waals surface area contributed by atoms with Crippen molar-refractivity contribution in [2.45, 2.75) is 6.61 Å². The number of carbonyl (C=O) groups excluding carboxylic acids is 1. The molecule has 0 saturated carbocycles. The Balaban J connectivity index is 1.80. The van der Waals surface area contributed by atoms with Gasteiger partial charge >= 0.3 is 0 Å². The molecule has 0 bridgehead atoms. The van der Waals surface area contributed by atoms with Crippen LogP contribution in [0.3, 0.4) is 0 Å². The molecule has 8 heteroatoms. The lowest BCUT2D eigenvalue weighted by Gasteiger charge is -2.13. The predicted octanol–water partition coefficient (Wildman–Crippen LogP) is 7.00. The molecule has 0 heterocycles. The molecule has 0 radical (unpaired) electrons. The molecule has 3 rings (SSSR count). The van der Waals surface area contributed by atoms with E-state index in [9.17, 15) is 10.1 Å². The van der Waals surface area contributed by atoms with E-state index in [0.29, 0.717) is 38.9 Å². The first-order valence-corrected chi connectivity index (χ1v) is 11.3. The number of nitrogens with one attached hydrogen (secondary N) is 1. The first-order chi connectivity index (χ1) is 15.4. The number of nitriles is 1. The normalized spacial score (nSPS) is 10.9. The molecule has 0 aliphatic rings. The molecule has 162 valence electrons. The molecule has 0 unspecified atom stereocenters. The van der Waals surface area contributed by atoms with Crippen molar-refractivity contribution in [2.75, 3.05) is 12.4 Å². The number of rotatable bonds is 7. The van der Waals surface area contributed by atoms with E-state index in [-0.39, 0.29) is 5.57 Å². The van der Waals surface area contributed by atoms with Gasteiger partial charge in [0, 0.05) is 19.7 Å². The van der Waals surface area contributed by atoms with Crippen LogP contribution in [0.25, 0.3) is 6.08 Å². The van der Waals surface area contributed by atoms with Crippen LogP contribution in [-0.4, -0.2) is 13.0 Å². The lowest BCUT2D eigenvalue weighted by Crippen LogP contribution is -2.13. The lowest BCUT2D eigenvalue weighted by molar-refractivity contribution is -0.112. The summed E-state index contributed by atoms with van der Waals surface area (Å²) >= 11 is 12.8. The number of nitrogens with zero attached hydrogens (tertiary/aromatic N) is 1. The fraction of sp³-hybridized carbons (Fsp3) is 0.0833. The van der Waals surface area contributed by atoms with Crippen molar-refractivity contribution >= 4 is 61.1 Å². The van der Waals surface area contributed by atoms with Crippen LogP contribution in [0.1, 0.15) is 11.1 Å². The number of hydrogen-bond acceptors (Lipinski definition) is 4. The van der Waals surface area contributed by atoms with E-state index in [1.54, 1.807) is 36.4 Å². The number of methoxy groups -OCH3 is 1. The molecule has 0 aliphatic carbocycles. The number of amides is 1. The number of hydrogen-bond donors (Lipinski definition) is 1. The fourth-order valence-electron chi connectivity index (χ4n) is 2.71. The molecule has 3 aromatic carbocycles. The average molecular weight is 577 g/mol. The second-order valence-electron chi connectivity index (χ2n) is 6.57. The van der Waals surface area contributed by atoms with Crippen molar-refractivity contribution in [1.82, 2.24) is 0 Å². The van der Waals surface area contributed by atoms with Gasteiger partial charge in [-0.1, -0.05) is 55.6 Å². The summed E-state index contributed by atoms with van der Waals surface area (Å²) in [6.07, 6.45) is 1.48. The zero-order chi connectivity index (χ0) is 23.1. The summed E-state index contributed by atoms with van der Waals surface area (Å²) in [5.41, 5.74) is 2.07. The van der Waals surface area contributed by atoms with Gasteiger partial charge in [0.2, 0.25) is 0 Å². The first kappa shape index (κ1) is 23.9. The van der Waals surface area contributed by atoms with Crippen LogP contribution in [0.4, 0.5) is 5.69 Å². The van der Waals surface area contributed by atoms with Crippen LogP contribution >= 0.6 is 43.5 Å². The zero-order valence-electron chi connectivity index (χ0n) is 16.9. The number of anilines is 1. The molecule has 3 aromatic rings. The van der Waals surface area contributed by atoms with E-state index < -0.39 is 5.91 Å². The minimum Gasteiger partial charge on any atom is -0.493 e. The Morgan fingerprint density at radius 3 is 2.41 bits per heavy atom. The summed E-state index contributed by atoms with van der Waals surface area (Å²) in [6.45, 7) is 0.359. The number of halogens is 3. The highest BCUT2D eigenvalue weighted by molar-refractivity contribution is 9.10. The third-order valence-electron chi connectivity index (χ3n) is 4.36. The molecule has 0 aliphatic heterocycles. The van der Waals surface area contributed by atoms with Crippen LogP contribution in [0, 0.1) is 11.3 Å². The minimum atomic E-state index is -0.531. The molecule has 1 amide bonds. The SMILES string of the molecule is COc1cc(/C=C(/C#N)C(=O)Nc2ccc(Cl)cc2)c(Br)cc1OCc1ccc(Br)cc1. The van der Waals surface area contributed by atoms with Gasteiger partial charge in [0.1, 0.15) is 18.2 Å². The topological polar surface area (TPSA) is 71.3 Å². The Morgan fingerprint density at radius 1 is 1.09 bits per heavy atom. The van der Waals surface area contributed by atoms with E-state index in [4.69, 9.17) is 21.1 Å². The molecule has 0 spiro atoms. The van der Waals surface area contributed by atoms with Gasteiger partial charge in [-0.25, -0.2) is 0 Å². The second-order valence-corrected chi connectivity index (χ2v) is 8.78. The standard InChI is InChI=1S/C24H17Br2ClN2O3/c1-31-22-11-16(10-17(13-28)24(30)29-20-8-6-19(27)7-9-20)21(26)12-23(22)32-14-15-2-4-18(25)5-3-15/h2-12H,14H2,1H3,(H,29,30)/b17-10-. The van der Waals surface area contributed by atoms with E-state index in [1.165, 1.54) is 13.2 Å². The molecule has 32 heavy (non-hydrogen) atoms. The fourth-order valence-corrected chi connectivity index (χ4v) is 3.54. The molecule has 0 atom stereocenters. The Hall–Kier alpha value is -2.79. The number of carbonyl (C=O) groups is 1. The van der Waals surface area contributed by atoms with Gasteiger partial charge in [-0.2, -0.15) is 5.26 Å². The zero-order valence-corrected chi connectivity index (χ0v) is 20.8. The Kier molecular flexibility index (Phi) is 8.34. The third-order valence-corrected chi connectivity index (χ3v) is 5.82. The monoisotopic (exact) mass is 574 g/mol. The van der Waals surface area contributed by atoms with Crippen molar-refractivity contribution in [1.29, 1.82) is 5.26 Å². The number of benzene rings is 3. The van der Waals surface area contributed by atoms with Crippen LogP contribution in [0.15, 0.2) is 75.2 Å². The quantitative estimate of drug-likeness (QED) is 0.243. The summed E-state index contributed by atoms with van der Waals surface area (Å²) in [7, 11) is 1.53. The van der Waals surface area contributed by atoms with Crippen LogP contribution in [0.5, 0.6) is 11.5 Å². The van der Waals surface area contributed by atoms with Crippen molar-refractivity contribution < 1.29 is 14.3 Å². The Labute approximate surface area is 207 Å². The van der Waals surface area contributed by atoms with Gasteiger partial charge in [-0.05, 0) is 65.7 Å². The molecular weight excluding hydrogens is 560 g/mol. The third kappa shape index (κ3) is 6.36. The summed E-state index contributed by atoms with van der Waals surface area (Å²) in [5, 5.41) is 12.7. The smallest absolute Gasteiger partial charge is 0.266 e. The summed E-state index contributed by atoms with van der Waals surface area (Å²) < 4.78 is 13.0.